The van der Waals surface area contributed by atoms with Crippen LogP contribution in [0.5, 0.6) is 17.4 Å². The predicted octanol–water partition coefficient (Wildman–Crippen LogP) is 3.61. The molecule has 0 aliphatic heterocycles. The molecule has 124 valence electrons. The lowest BCUT2D eigenvalue weighted by atomic mass is 10.1. The maximum atomic E-state index is 6.23. The quantitative estimate of drug-likeness (QED) is 0.837. The van der Waals surface area contributed by atoms with Gasteiger partial charge >= 0.3 is 0 Å². The standard InChI is InChI=1S/C17H21ClN2O3/c1-11(20-10-12-6-5-7-19-17(12)23-4)13-8-14(18)16(22-3)9-15(13)21-2/h5-9,11,20H,10H2,1-4H3. The number of halogens is 1. The summed E-state index contributed by atoms with van der Waals surface area (Å²) in [7, 11) is 4.82. The maximum Gasteiger partial charge on any atom is 0.217 e. The number of nitrogens with one attached hydrogen (secondary N) is 1. The van der Waals surface area contributed by atoms with Crippen molar-refractivity contribution >= 4 is 11.6 Å². The molecule has 0 saturated carbocycles. The van der Waals surface area contributed by atoms with Crippen LogP contribution < -0.4 is 19.5 Å². The predicted molar refractivity (Wildman–Crippen MR) is 90.6 cm³/mol. The molecule has 1 atom stereocenters. The van der Waals surface area contributed by atoms with E-state index in [0.717, 1.165) is 16.9 Å². The van der Waals surface area contributed by atoms with Gasteiger partial charge in [0.25, 0.3) is 0 Å². The van der Waals surface area contributed by atoms with E-state index in [0.29, 0.717) is 23.2 Å². The van der Waals surface area contributed by atoms with Crippen LogP contribution in [-0.4, -0.2) is 26.3 Å². The number of nitrogens with zero attached hydrogens (tertiary/aromatic N) is 1. The van der Waals surface area contributed by atoms with Gasteiger partial charge in [0.15, 0.2) is 0 Å². The number of aromatic nitrogens is 1. The summed E-state index contributed by atoms with van der Waals surface area (Å²) in [5.74, 6) is 1.93. The van der Waals surface area contributed by atoms with Crippen LogP contribution in [0.2, 0.25) is 5.02 Å². The van der Waals surface area contributed by atoms with Crippen molar-refractivity contribution < 1.29 is 14.2 Å². The molecule has 0 radical (unpaired) electrons. The number of hydrogen-bond donors (Lipinski definition) is 1. The highest BCUT2D eigenvalue weighted by Crippen LogP contribution is 2.35. The molecule has 2 aromatic rings. The Bertz CT molecular complexity index is 664. The summed E-state index contributed by atoms with van der Waals surface area (Å²) in [6.45, 7) is 2.66. The van der Waals surface area contributed by atoms with E-state index in [4.69, 9.17) is 25.8 Å². The van der Waals surface area contributed by atoms with Gasteiger partial charge in [0.2, 0.25) is 5.88 Å². The first kappa shape index (κ1) is 17.4. The minimum absolute atomic E-state index is 0.0262. The third kappa shape index (κ3) is 4.06. The Kier molecular flexibility index (Phi) is 6.07. The molecule has 2 rings (SSSR count). The van der Waals surface area contributed by atoms with Gasteiger partial charge in [-0.05, 0) is 19.1 Å². The van der Waals surface area contributed by atoms with Gasteiger partial charge in [0, 0.05) is 36.0 Å². The van der Waals surface area contributed by atoms with Gasteiger partial charge in [-0.2, -0.15) is 0 Å². The van der Waals surface area contributed by atoms with Crippen molar-refractivity contribution in [3.05, 3.63) is 46.6 Å². The second-order valence-corrected chi connectivity index (χ2v) is 5.41. The zero-order chi connectivity index (χ0) is 16.8. The monoisotopic (exact) mass is 336 g/mol. The van der Waals surface area contributed by atoms with E-state index >= 15 is 0 Å². The van der Waals surface area contributed by atoms with E-state index in [2.05, 4.69) is 10.3 Å². The molecule has 1 heterocycles. The minimum Gasteiger partial charge on any atom is -0.496 e. The first-order valence-electron chi connectivity index (χ1n) is 7.23. The van der Waals surface area contributed by atoms with Crippen molar-refractivity contribution in [3.63, 3.8) is 0 Å². The number of hydrogen-bond acceptors (Lipinski definition) is 5. The summed E-state index contributed by atoms with van der Waals surface area (Å²) in [6, 6.07) is 7.54. The summed E-state index contributed by atoms with van der Waals surface area (Å²) in [5.41, 5.74) is 1.95. The van der Waals surface area contributed by atoms with Crippen molar-refractivity contribution in [3.8, 4) is 17.4 Å². The van der Waals surface area contributed by atoms with Crippen LogP contribution in [0.3, 0.4) is 0 Å². The number of rotatable bonds is 7. The molecular weight excluding hydrogens is 316 g/mol. The van der Waals surface area contributed by atoms with E-state index in [1.807, 2.05) is 25.1 Å². The normalized spacial score (nSPS) is 11.9. The SMILES string of the molecule is COc1cc(OC)c(C(C)NCc2cccnc2OC)cc1Cl. The summed E-state index contributed by atoms with van der Waals surface area (Å²) in [4.78, 5) is 4.19. The lowest BCUT2D eigenvalue weighted by Crippen LogP contribution is -2.19. The fourth-order valence-electron chi connectivity index (χ4n) is 2.34. The summed E-state index contributed by atoms with van der Waals surface area (Å²) in [6.07, 6.45) is 1.71. The third-order valence-electron chi connectivity index (χ3n) is 3.61. The van der Waals surface area contributed by atoms with Crippen molar-refractivity contribution in [1.82, 2.24) is 10.3 Å². The number of ether oxygens (including phenoxy) is 3. The van der Waals surface area contributed by atoms with Crippen LogP contribution in [0.25, 0.3) is 0 Å². The Morgan fingerprint density at radius 3 is 2.52 bits per heavy atom. The van der Waals surface area contributed by atoms with Crippen LogP contribution in [0.4, 0.5) is 0 Å². The molecule has 0 aliphatic carbocycles. The zero-order valence-electron chi connectivity index (χ0n) is 13.7. The third-order valence-corrected chi connectivity index (χ3v) is 3.91. The smallest absolute Gasteiger partial charge is 0.217 e. The average molecular weight is 337 g/mol. The highest BCUT2D eigenvalue weighted by atomic mass is 35.5. The van der Waals surface area contributed by atoms with Crippen molar-refractivity contribution in [1.29, 1.82) is 0 Å². The molecule has 1 unspecified atom stereocenters. The van der Waals surface area contributed by atoms with E-state index in [1.165, 1.54) is 0 Å². The molecule has 0 amide bonds. The van der Waals surface area contributed by atoms with E-state index < -0.39 is 0 Å². The largest absolute Gasteiger partial charge is 0.496 e. The van der Waals surface area contributed by atoms with Gasteiger partial charge < -0.3 is 19.5 Å². The van der Waals surface area contributed by atoms with Crippen LogP contribution in [0.15, 0.2) is 30.5 Å². The van der Waals surface area contributed by atoms with Crippen molar-refractivity contribution in [2.45, 2.75) is 19.5 Å². The molecule has 0 spiro atoms. The molecule has 1 N–H and O–H groups in total. The fraction of sp³-hybridized carbons (Fsp3) is 0.353. The Hall–Kier alpha value is -1.98. The van der Waals surface area contributed by atoms with Crippen LogP contribution >= 0.6 is 11.6 Å². The summed E-state index contributed by atoms with van der Waals surface area (Å²) < 4.78 is 15.9. The van der Waals surface area contributed by atoms with Crippen LogP contribution in [-0.2, 0) is 6.54 Å². The Morgan fingerprint density at radius 2 is 1.87 bits per heavy atom. The Labute approximate surface area is 141 Å². The zero-order valence-corrected chi connectivity index (χ0v) is 14.5. The lowest BCUT2D eigenvalue weighted by Gasteiger charge is -2.19. The Balaban J connectivity index is 2.17. The topological polar surface area (TPSA) is 52.6 Å². The summed E-state index contributed by atoms with van der Waals surface area (Å²) >= 11 is 6.23. The second-order valence-electron chi connectivity index (χ2n) is 5.00. The molecule has 0 bridgehead atoms. The van der Waals surface area contributed by atoms with Gasteiger partial charge in [-0.3, -0.25) is 0 Å². The highest BCUT2D eigenvalue weighted by Gasteiger charge is 2.16. The minimum atomic E-state index is 0.0262. The number of benzene rings is 1. The second kappa shape index (κ2) is 8.04. The molecule has 0 aliphatic rings. The molecular formula is C17H21ClN2O3. The number of methoxy groups -OCH3 is 3. The first-order valence-corrected chi connectivity index (χ1v) is 7.61. The Morgan fingerprint density at radius 1 is 1.13 bits per heavy atom. The molecule has 6 heteroatoms. The fourth-order valence-corrected chi connectivity index (χ4v) is 2.59. The molecule has 5 nitrogen and oxygen atoms in total. The lowest BCUT2D eigenvalue weighted by molar-refractivity contribution is 0.382. The first-order chi connectivity index (χ1) is 11.1. The van der Waals surface area contributed by atoms with Crippen LogP contribution in [0, 0.1) is 0 Å². The van der Waals surface area contributed by atoms with Gasteiger partial charge in [0.05, 0.1) is 26.4 Å². The molecule has 1 aromatic heterocycles. The van der Waals surface area contributed by atoms with Crippen molar-refractivity contribution in [2.24, 2.45) is 0 Å². The van der Waals surface area contributed by atoms with Gasteiger partial charge in [0.1, 0.15) is 11.5 Å². The van der Waals surface area contributed by atoms with E-state index in [1.54, 1.807) is 33.6 Å². The maximum absolute atomic E-state index is 6.23. The van der Waals surface area contributed by atoms with Crippen LogP contribution in [0.1, 0.15) is 24.1 Å². The molecule has 0 fully saturated rings. The molecule has 1 aromatic carbocycles. The van der Waals surface area contributed by atoms with Crippen molar-refractivity contribution in [2.75, 3.05) is 21.3 Å². The molecule has 23 heavy (non-hydrogen) atoms. The highest BCUT2D eigenvalue weighted by molar-refractivity contribution is 6.32. The summed E-state index contributed by atoms with van der Waals surface area (Å²) in [5, 5.41) is 3.98. The van der Waals surface area contributed by atoms with Gasteiger partial charge in [-0.25, -0.2) is 4.98 Å². The number of pyridine rings is 1. The molecule has 0 saturated heterocycles. The van der Waals surface area contributed by atoms with E-state index in [-0.39, 0.29) is 6.04 Å². The van der Waals surface area contributed by atoms with Gasteiger partial charge in [-0.15, -0.1) is 0 Å². The van der Waals surface area contributed by atoms with E-state index in [9.17, 15) is 0 Å². The average Bonchev–Trinajstić information content (AvgIpc) is 2.59. The van der Waals surface area contributed by atoms with Gasteiger partial charge in [-0.1, -0.05) is 17.7 Å².